The molecule has 0 saturated carbocycles. The highest BCUT2D eigenvalue weighted by atomic mass is 32.1. The molecule has 1 aromatic heterocycles. The van der Waals surface area contributed by atoms with Gasteiger partial charge >= 0.3 is 0 Å². The lowest BCUT2D eigenvalue weighted by molar-refractivity contribution is -0.112. The quantitative estimate of drug-likeness (QED) is 0.520. The fourth-order valence-corrected chi connectivity index (χ4v) is 4.73. The van der Waals surface area contributed by atoms with Crippen molar-refractivity contribution in [3.05, 3.63) is 58.2 Å². The third kappa shape index (κ3) is 4.30. The van der Waals surface area contributed by atoms with Gasteiger partial charge in [0, 0.05) is 35.7 Å². The average molecular weight is 465 g/mol. The lowest BCUT2D eigenvalue weighted by Gasteiger charge is -2.18. The number of fused-ring (bicyclic) bond motifs is 1. The standard InChI is InChI=1S/C25H28N4O3S/c1-6-26-25-29(21(15-33-25)18-12-11-17(31-4)13-22(18)32-5)27-23-19-9-7-8-10-20(19)28(24(23)30)14-16(2)3/h7-13,15-16H,6,14H2,1-5H3. The molecule has 0 N–H and O–H groups in total. The van der Waals surface area contributed by atoms with Crippen molar-refractivity contribution in [2.24, 2.45) is 16.0 Å². The molecule has 1 aliphatic heterocycles. The van der Waals surface area contributed by atoms with Crippen LogP contribution in [0.15, 0.2) is 57.9 Å². The number of carbonyl (C=O) groups excluding carboxylic acids is 1. The number of anilines is 1. The molecule has 0 fully saturated rings. The molecule has 0 radical (unpaired) electrons. The Kier molecular flexibility index (Phi) is 6.65. The zero-order valence-corrected chi connectivity index (χ0v) is 20.3. The third-order valence-electron chi connectivity index (χ3n) is 5.31. The molecule has 33 heavy (non-hydrogen) atoms. The number of benzene rings is 2. The number of rotatable bonds is 7. The van der Waals surface area contributed by atoms with E-state index in [1.165, 1.54) is 11.3 Å². The van der Waals surface area contributed by atoms with Crippen molar-refractivity contribution in [3.8, 4) is 22.8 Å². The number of thiazole rings is 1. The third-order valence-corrected chi connectivity index (χ3v) is 6.16. The summed E-state index contributed by atoms with van der Waals surface area (Å²) in [5, 5.41) is 6.87. The van der Waals surface area contributed by atoms with Crippen molar-refractivity contribution in [3.63, 3.8) is 0 Å². The predicted molar refractivity (Wildman–Crippen MR) is 133 cm³/mol. The van der Waals surface area contributed by atoms with E-state index < -0.39 is 0 Å². The van der Waals surface area contributed by atoms with E-state index in [0.717, 1.165) is 22.5 Å². The Hall–Kier alpha value is -3.39. The molecule has 0 spiro atoms. The van der Waals surface area contributed by atoms with E-state index in [9.17, 15) is 4.79 Å². The second-order valence-corrected chi connectivity index (χ2v) is 8.87. The molecule has 0 saturated heterocycles. The molecule has 0 aliphatic carbocycles. The van der Waals surface area contributed by atoms with Crippen molar-refractivity contribution in [1.82, 2.24) is 4.68 Å². The molecular weight excluding hydrogens is 436 g/mol. The molecular formula is C25H28N4O3S. The monoisotopic (exact) mass is 464 g/mol. The maximum Gasteiger partial charge on any atom is 0.279 e. The van der Waals surface area contributed by atoms with Crippen LogP contribution in [-0.4, -0.2) is 43.6 Å². The Balaban J connectivity index is 1.91. The Bertz CT molecular complexity index is 1270. The lowest BCUT2D eigenvalue weighted by Crippen LogP contribution is -2.34. The molecule has 0 atom stereocenters. The minimum atomic E-state index is -0.0984. The van der Waals surface area contributed by atoms with E-state index >= 15 is 0 Å². The summed E-state index contributed by atoms with van der Waals surface area (Å²) >= 11 is 1.48. The summed E-state index contributed by atoms with van der Waals surface area (Å²) in [4.78, 5) is 20.6. The maximum atomic E-state index is 13.5. The van der Waals surface area contributed by atoms with E-state index in [1.54, 1.807) is 18.9 Å². The molecule has 1 amide bonds. The zero-order valence-electron chi connectivity index (χ0n) is 19.5. The van der Waals surface area contributed by atoms with Gasteiger partial charge < -0.3 is 14.4 Å². The van der Waals surface area contributed by atoms with Gasteiger partial charge in [-0.2, -0.15) is 5.10 Å². The first kappa shape index (κ1) is 22.8. The largest absolute Gasteiger partial charge is 0.497 e. The molecule has 172 valence electrons. The molecule has 7 nitrogen and oxygen atoms in total. The van der Waals surface area contributed by atoms with Gasteiger partial charge in [0.1, 0.15) is 11.5 Å². The highest BCUT2D eigenvalue weighted by Gasteiger charge is 2.34. The first-order valence-electron chi connectivity index (χ1n) is 10.9. The number of aromatic nitrogens is 1. The fraction of sp³-hybridized carbons (Fsp3) is 0.320. The molecule has 1 aliphatic rings. The second-order valence-electron chi connectivity index (χ2n) is 8.03. The SMILES string of the molecule is CCN=c1scc(-c2ccc(OC)cc2OC)n1N=C1C(=O)N(CC(C)C)c2ccccc21. The van der Waals surface area contributed by atoms with Crippen LogP contribution in [0.1, 0.15) is 26.3 Å². The fourth-order valence-electron chi connectivity index (χ4n) is 3.84. The van der Waals surface area contributed by atoms with Gasteiger partial charge in [0.2, 0.25) is 4.80 Å². The van der Waals surface area contributed by atoms with Crippen molar-refractivity contribution < 1.29 is 14.3 Å². The highest BCUT2D eigenvalue weighted by Crippen LogP contribution is 2.35. The predicted octanol–water partition coefficient (Wildman–Crippen LogP) is 4.41. The van der Waals surface area contributed by atoms with Crippen LogP contribution >= 0.6 is 11.3 Å². The van der Waals surface area contributed by atoms with Gasteiger partial charge in [0.15, 0.2) is 5.71 Å². The average Bonchev–Trinajstić information content (AvgIpc) is 3.33. The summed E-state index contributed by atoms with van der Waals surface area (Å²) in [6, 6.07) is 13.5. The van der Waals surface area contributed by atoms with Crippen LogP contribution in [0.3, 0.4) is 0 Å². The lowest BCUT2D eigenvalue weighted by atomic mass is 10.1. The van der Waals surface area contributed by atoms with Crippen LogP contribution < -0.4 is 19.2 Å². The Labute approximate surface area is 197 Å². The topological polar surface area (TPSA) is 68.4 Å². The molecule has 0 unspecified atom stereocenters. The van der Waals surface area contributed by atoms with E-state index in [1.807, 2.05) is 59.7 Å². The van der Waals surface area contributed by atoms with E-state index in [0.29, 0.717) is 41.0 Å². The van der Waals surface area contributed by atoms with E-state index in [-0.39, 0.29) is 5.91 Å². The number of nitrogens with zero attached hydrogens (tertiary/aromatic N) is 4. The van der Waals surface area contributed by atoms with Crippen LogP contribution in [-0.2, 0) is 4.79 Å². The van der Waals surface area contributed by atoms with Gasteiger partial charge in [-0.15, -0.1) is 11.3 Å². The van der Waals surface area contributed by atoms with Gasteiger partial charge in [-0.1, -0.05) is 32.0 Å². The molecule has 2 aromatic carbocycles. The Morgan fingerprint density at radius 1 is 1.06 bits per heavy atom. The number of amides is 1. The van der Waals surface area contributed by atoms with Gasteiger partial charge in [0.05, 0.1) is 25.6 Å². The zero-order chi connectivity index (χ0) is 23.5. The summed E-state index contributed by atoms with van der Waals surface area (Å²) < 4.78 is 12.7. The minimum Gasteiger partial charge on any atom is -0.497 e. The Morgan fingerprint density at radius 3 is 2.55 bits per heavy atom. The van der Waals surface area contributed by atoms with Crippen molar-refractivity contribution in [1.29, 1.82) is 0 Å². The maximum absolute atomic E-state index is 13.5. The minimum absolute atomic E-state index is 0.0984. The highest BCUT2D eigenvalue weighted by molar-refractivity contribution is 7.07. The molecule has 3 aromatic rings. The Morgan fingerprint density at radius 2 is 1.85 bits per heavy atom. The number of hydrogen-bond acceptors (Lipinski definition) is 6. The number of carbonyl (C=O) groups is 1. The summed E-state index contributed by atoms with van der Waals surface area (Å²) in [7, 11) is 3.24. The van der Waals surface area contributed by atoms with Gasteiger partial charge in [-0.05, 0) is 31.0 Å². The summed E-state index contributed by atoms with van der Waals surface area (Å²) in [5.41, 5.74) is 3.78. The normalized spacial score (nSPS) is 15.0. The molecule has 8 heteroatoms. The summed E-state index contributed by atoms with van der Waals surface area (Å²) in [5.74, 6) is 1.59. The van der Waals surface area contributed by atoms with Gasteiger partial charge in [-0.25, -0.2) is 4.68 Å². The molecule has 0 bridgehead atoms. The summed E-state index contributed by atoms with van der Waals surface area (Å²) in [6.07, 6.45) is 0. The van der Waals surface area contributed by atoms with Crippen LogP contribution in [0.2, 0.25) is 0 Å². The first-order chi connectivity index (χ1) is 16.0. The summed E-state index contributed by atoms with van der Waals surface area (Å²) in [6.45, 7) is 7.42. The molecule has 2 heterocycles. The van der Waals surface area contributed by atoms with Crippen LogP contribution in [0.25, 0.3) is 11.3 Å². The van der Waals surface area contributed by atoms with Gasteiger partial charge in [-0.3, -0.25) is 9.79 Å². The first-order valence-corrected chi connectivity index (χ1v) is 11.8. The number of hydrogen-bond donors (Lipinski definition) is 0. The number of para-hydroxylation sites is 1. The van der Waals surface area contributed by atoms with Crippen LogP contribution in [0, 0.1) is 5.92 Å². The van der Waals surface area contributed by atoms with E-state index in [4.69, 9.17) is 14.6 Å². The van der Waals surface area contributed by atoms with Crippen molar-refractivity contribution in [2.75, 3.05) is 32.2 Å². The number of methoxy groups -OCH3 is 2. The second kappa shape index (κ2) is 9.62. The van der Waals surface area contributed by atoms with E-state index in [2.05, 4.69) is 18.8 Å². The molecule has 4 rings (SSSR count). The number of ether oxygens (including phenoxy) is 2. The van der Waals surface area contributed by atoms with Crippen molar-refractivity contribution >= 4 is 28.6 Å². The van der Waals surface area contributed by atoms with Crippen LogP contribution in [0.4, 0.5) is 5.69 Å². The van der Waals surface area contributed by atoms with Gasteiger partial charge in [0.25, 0.3) is 5.91 Å². The van der Waals surface area contributed by atoms with Crippen molar-refractivity contribution in [2.45, 2.75) is 20.8 Å². The van der Waals surface area contributed by atoms with Crippen LogP contribution in [0.5, 0.6) is 11.5 Å². The smallest absolute Gasteiger partial charge is 0.279 e.